The molecule has 2 nitrogen and oxygen atoms in total. The van der Waals surface area contributed by atoms with Gasteiger partial charge < -0.3 is 5.32 Å². The van der Waals surface area contributed by atoms with Crippen molar-refractivity contribution in [2.24, 2.45) is 0 Å². The molecule has 2 aromatic carbocycles. The topological polar surface area (TPSA) is 29.1 Å². The lowest BCUT2D eigenvalue weighted by Gasteiger charge is -2.09. The van der Waals surface area contributed by atoms with Crippen LogP contribution >= 0.6 is 27.5 Å². The van der Waals surface area contributed by atoms with E-state index in [1.54, 1.807) is 18.2 Å². The largest absolute Gasteiger partial charge is 0.322 e. The number of hydrogen-bond donors (Lipinski definition) is 1. The highest BCUT2D eigenvalue weighted by atomic mass is 79.9. The molecule has 0 aliphatic carbocycles. The van der Waals surface area contributed by atoms with Crippen LogP contribution < -0.4 is 5.32 Å². The summed E-state index contributed by atoms with van der Waals surface area (Å²) in [6.07, 6.45) is 0. The minimum absolute atomic E-state index is 0.175. The Morgan fingerprint density at radius 3 is 2.35 bits per heavy atom. The molecule has 0 bridgehead atoms. The van der Waals surface area contributed by atoms with Crippen LogP contribution in [0.2, 0.25) is 5.02 Å². The first-order chi connectivity index (χ1) is 9.45. The van der Waals surface area contributed by atoms with Crippen molar-refractivity contribution in [3.63, 3.8) is 0 Å². The first kappa shape index (κ1) is 15.1. The van der Waals surface area contributed by atoms with Crippen molar-refractivity contribution in [3.05, 3.63) is 63.1 Å². The fourth-order valence-electron chi connectivity index (χ4n) is 1.84. The van der Waals surface area contributed by atoms with Crippen LogP contribution in [0.5, 0.6) is 0 Å². The molecule has 0 aliphatic heterocycles. The summed E-state index contributed by atoms with van der Waals surface area (Å²) in [4.78, 5) is 12.1. The number of carbonyl (C=O) groups excluding carboxylic acids is 1. The monoisotopic (exact) mass is 351 g/mol. The summed E-state index contributed by atoms with van der Waals surface area (Å²) in [6, 6.07) is 13.0. The van der Waals surface area contributed by atoms with Gasteiger partial charge in [-0.25, -0.2) is 0 Å². The fraction of sp³-hybridized carbons (Fsp3) is 0.188. The van der Waals surface area contributed by atoms with Gasteiger partial charge in [0, 0.05) is 20.7 Å². The molecule has 2 aromatic rings. The van der Waals surface area contributed by atoms with Gasteiger partial charge in [-0.1, -0.05) is 53.5 Å². The minimum Gasteiger partial charge on any atom is -0.322 e. The number of hydrogen-bond acceptors (Lipinski definition) is 1. The molecule has 0 aromatic heterocycles. The zero-order chi connectivity index (χ0) is 14.7. The lowest BCUT2D eigenvalue weighted by Crippen LogP contribution is -2.11. The fourth-order valence-corrected chi connectivity index (χ4v) is 2.70. The zero-order valence-corrected chi connectivity index (χ0v) is 13.6. The summed E-state index contributed by atoms with van der Waals surface area (Å²) in [5.41, 5.74) is 2.54. The number of nitrogens with one attached hydrogen (secondary N) is 1. The van der Waals surface area contributed by atoms with Gasteiger partial charge in [0.25, 0.3) is 5.91 Å². The molecule has 1 N–H and O–H groups in total. The van der Waals surface area contributed by atoms with Crippen LogP contribution in [-0.2, 0) is 0 Å². The van der Waals surface area contributed by atoms with E-state index in [2.05, 4.69) is 35.1 Å². The molecule has 0 aliphatic rings. The predicted octanol–water partition coefficient (Wildman–Crippen LogP) is 5.48. The second-order valence-electron chi connectivity index (χ2n) is 4.89. The Labute approximate surface area is 132 Å². The zero-order valence-electron chi connectivity index (χ0n) is 11.3. The summed E-state index contributed by atoms with van der Waals surface area (Å²) in [7, 11) is 0. The minimum atomic E-state index is -0.175. The molecule has 0 spiro atoms. The van der Waals surface area contributed by atoms with Crippen molar-refractivity contribution in [1.82, 2.24) is 0 Å². The first-order valence-corrected chi connectivity index (χ1v) is 7.50. The molecule has 0 radical (unpaired) electrons. The van der Waals surface area contributed by atoms with Crippen LogP contribution in [0.4, 0.5) is 5.69 Å². The second-order valence-corrected chi connectivity index (χ2v) is 6.24. The van der Waals surface area contributed by atoms with Gasteiger partial charge in [-0.3, -0.25) is 4.79 Å². The van der Waals surface area contributed by atoms with E-state index >= 15 is 0 Å². The second kappa shape index (κ2) is 6.42. The Kier molecular flexibility index (Phi) is 4.84. The maximum atomic E-state index is 12.1. The number of benzene rings is 2. The van der Waals surface area contributed by atoms with E-state index in [1.165, 1.54) is 5.56 Å². The summed E-state index contributed by atoms with van der Waals surface area (Å²) in [5, 5.41) is 3.39. The molecule has 2 rings (SSSR count). The molecule has 0 fully saturated rings. The van der Waals surface area contributed by atoms with E-state index in [4.69, 9.17) is 11.6 Å². The molecular weight excluding hydrogens is 338 g/mol. The van der Waals surface area contributed by atoms with Crippen LogP contribution in [0, 0.1) is 0 Å². The number of amides is 1. The molecule has 0 atom stereocenters. The average Bonchev–Trinajstić information content (AvgIpc) is 2.38. The predicted molar refractivity (Wildman–Crippen MR) is 87.6 cm³/mol. The van der Waals surface area contributed by atoms with Crippen LogP contribution in [-0.4, -0.2) is 5.91 Å². The van der Waals surface area contributed by atoms with E-state index in [9.17, 15) is 4.79 Å². The Hall–Kier alpha value is -1.32. The summed E-state index contributed by atoms with van der Waals surface area (Å²) in [6.45, 7) is 4.27. The van der Waals surface area contributed by atoms with E-state index < -0.39 is 0 Å². The van der Waals surface area contributed by atoms with E-state index in [-0.39, 0.29) is 5.91 Å². The van der Waals surface area contributed by atoms with E-state index in [0.29, 0.717) is 16.5 Å². The molecule has 0 saturated heterocycles. The van der Waals surface area contributed by atoms with Gasteiger partial charge in [0.1, 0.15) is 0 Å². The van der Waals surface area contributed by atoms with Crippen LogP contribution in [0.25, 0.3) is 0 Å². The third-order valence-corrected chi connectivity index (χ3v) is 3.64. The Morgan fingerprint density at radius 1 is 1.15 bits per heavy atom. The van der Waals surface area contributed by atoms with Crippen molar-refractivity contribution in [2.45, 2.75) is 19.8 Å². The molecule has 4 heteroatoms. The number of halogens is 2. The smallest absolute Gasteiger partial charge is 0.255 e. The van der Waals surface area contributed by atoms with Gasteiger partial charge in [0.05, 0.1) is 0 Å². The highest BCUT2D eigenvalue weighted by Crippen LogP contribution is 2.21. The maximum Gasteiger partial charge on any atom is 0.255 e. The van der Waals surface area contributed by atoms with Crippen LogP contribution in [0.3, 0.4) is 0 Å². The van der Waals surface area contributed by atoms with Gasteiger partial charge in [-0.05, 0) is 41.8 Å². The Morgan fingerprint density at radius 2 is 1.80 bits per heavy atom. The first-order valence-electron chi connectivity index (χ1n) is 6.33. The molecule has 104 valence electrons. The van der Waals surface area contributed by atoms with Gasteiger partial charge in [0.2, 0.25) is 0 Å². The van der Waals surface area contributed by atoms with Crippen molar-refractivity contribution >= 4 is 39.1 Å². The van der Waals surface area contributed by atoms with Crippen molar-refractivity contribution in [3.8, 4) is 0 Å². The van der Waals surface area contributed by atoms with Crippen LogP contribution in [0.1, 0.15) is 35.7 Å². The molecule has 0 heterocycles. The third-order valence-electron chi connectivity index (χ3n) is 2.96. The highest BCUT2D eigenvalue weighted by molar-refractivity contribution is 9.10. The van der Waals surface area contributed by atoms with Gasteiger partial charge in [-0.15, -0.1) is 0 Å². The van der Waals surface area contributed by atoms with Crippen molar-refractivity contribution in [2.75, 3.05) is 5.32 Å². The highest BCUT2D eigenvalue weighted by Gasteiger charge is 2.08. The normalized spacial score (nSPS) is 10.7. The summed E-state index contributed by atoms with van der Waals surface area (Å²) in [5.74, 6) is 0.300. The summed E-state index contributed by atoms with van der Waals surface area (Å²) >= 11 is 9.27. The number of rotatable bonds is 3. The molecule has 20 heavy (non-hydrogen) atoms. The lowest BCUT2D eigenvalue weighted by molar-refractivity contribution is 0.102. The van der Waals surface area contributed by atoms with Crippen molar-refractivity contribution in [1.29, 1.82) is 0 Å². The SMILES string of the molecule is CC(C)c1ccc(NC(=O)c2cc(Cl)cc(Br)c2)cc1. The quantitative estimate of drug-likeness (QED) is 0.779. The molecule has 0 unspecified atom stereocenters. The Bertz CT molecular complexity index is 603. The van der Waals surface area contributed by atoms with Crippen molar-refractivity contribution < 1.29 is 4.79 Å². The molecule has 0 saturated carbocycles. The van der Waals surface area contributed by atoms with Gasteiger partial charge in [0.15, 0.2) is 0 Å². The average molecular weight is 353 g/mol. The van der Waals surface area contributed by atoms with E-state index in [1.807, 2.05) is 24.3 Å². The third kappa shape index (κ3) is 3.84. The Balaban J connectivity index is 2.14. The number of carbonyl (C=O) groups is 1. The van der Waals surface area contributed by atoms with Gasteiger partial charge >= 0.3 is 0 Å². The van der Waals surface area contributed by atoms with Gasteiger partial charge in [-0.2, -0.15) is 0 Å². The standard InChI is InChI=1S/C16H15BrClNO/c1-10(2)11-3-5-15(6-4-11)19-16(20)12-7-13(17)9-14(18)8-12/h3-10H,1-2H3,(H,19,20). The number of anilines is 1. The van der Waals surface area contributed by atoms with Crippen LogP contribution in [0.15, 0.2) is 46.9 Å². The summed E-state index contributed by atoms with van der Waals surface area (Å²) < 4.78 is 0.783. The maximum absolute atomic E-state index is 12.1. The lowest BCUT2D eigenvalue weighted by atomic mass is 10.0. The van der Waals surface area contributed by atoms with E-state index in [0.717, 1.165) is 10.2 Å². The molecule has 1 amide bonds. The molecular formula is C16H15BrClNO.